The molecule has 1 atom stereocenters. The zero-order valence-electron chi connectivity index (χ0n) is 12.5. The Bertz CT molecular complexity index is 580. The van der Waals surface area contributed by atoms with Crippen molar-refractivity contribution in [2.24, 2.45) is 0 Å². The normalized spacial score (nSPS) is 12.4. The van der Waals surface area contributed by atoms with Crippen LogP contribution >= 0.6 is 11.6 Å². The summed E-state index contributed by atoms with van der Waals surface area (Å²) >= 11 is 6.14. The molecule has 3 heteroatoms. The van der Waals surface area contributed by atoms with E-state index in [1.807, 2.05) is 6.07 Å². The number of benzene rings is 2. The quantitative estimate of drug-likeness (QED) is 0.785. The average molecular weight is 306 g/mol. The molecule has 21 heavy (non-hydrogen) atoms. The van der Waals surface area contributed by atoms with E-state index in [4.69, 9.17) is 11.6 Å². The standard InChI is InChI=1S/C18H21ClFN/c1-3-11-21-17(12-14-9-7-13(2)8-10-14)15-5-4-6-16(20)18(15)19/h4-10,17,21H,3,11-12H2,1-2H3. The van der Waals surface area contributed by atoms with Crippen LogP contribution in [0.4, 0.5) is 4.39 Å². The highest BCUT2D eigenvalue weighted by Gasteiger charge is 2.16. The third kappa shape index (κ3) is 4.29. The molecule has 0 aliphatic carbocycles. The van der Waals surface area contributed by atoms with Gasteiger partial charge in [-0.25, -0.2) is 4.39 Å². The van der Waals surface area contributed by atoms with Crippen molar-refractivity contribution in [3.05, 3.63) is 70.0 Å². The molecule has 0 spiro atoms. The highest BCUT2D eigenvalue weighted by molar-refractivity contribution is 6.31. The summed E-state index contributed by atoms with van der Waals surface area (Å²) in [6.45, 7) is 5.06. The molecule has 0 bridgehead atoms. The Morgan fingerprint density at radius 1 is 1.14 bits per heavy atom. The van der Waals surface area contributed by atoms with E-state index in [0.29, 0.717) is 0 Å². The van der Waals surface area contributed by atoms with E-state index in [2.05, 4.69) is 43.4 Å². The van der Waals surface area contributed by atoms with Crippen LogP contribution < -0.4 is 5.32 Å². The van der Waals surface area contributed by atoms with Gasteiger partial charge < -0.3 is 5.32 Å². The van der Waals surface area contributed by atoms with Gasteiger partial charge in [0.25, 0.3) is 0 Å². The van der Waals surface area contributed by atoms with Crippen molar-refractivity contribution in [2.75, 3.05) is 6.54 Å². The second-order valence-electron chi connectivity index (χ2n) is 5.34. The fourth-order valence-electron chi connectivity index (χ4n) is 2.36. The van der Waals surface area contributed by atoms with Crippen molar-refractivity contribution in [3.63, 3.8) is 0 Å². The van der Waals surface area contributed by atoms with Gasteiger partial charge in [-0.1, -0.05) is 60.5 Å². The molecular formula is C18H21ClFN. The first-order chi connectivity index (χ1) is 10.1. The number of aryl methyl sites for hydroxylation is 1. The van der Waals surface area contributed by atoms with Crippen LogP contribution in [-0.4, -0.2) is 6.54 Å². The van der Waals surface area contributed by atoms with Gasteiger partial charge in [-0.3, -0.25) is 0 Å². The molecule has 0 heterocycles. The molecule has 0 radical (unpaired) electrons. The Labute approximate surface area is 131 Å². The van der Waals surface area contributed by atoms with E-state index < -0.39 is 0 Å². The predicted molar refractivity (Wildman–Crippen MR) is 87.3 cm³/mol. The smallest absolute Gasteiger partial charge is 0.142 e. The predicted octanol–water partition coefficient (Wildman–Crippen LogP) is 5.07. The van der Waals surface area contributed by atoms with Gasteiger partial charge in [-0.15, -0.1) is 0 Å². The lowest BCUT2D eigenvalue weighted by Crippen LogP contribution is -2.24. The molecule has 1 unspecified atom stereocenters. The molecule has 112 valence electrons. The second-order valence-corrected chi connectivity index (χ2v) is 5.72. The van der Waals surface area contributed by atoms with E-state index in [1.54, 1.807) is 6.07 Å². The first-order valence-electron chi connectivity index (χ1n) is 7.34. The highest BCUT2D eigenvalue weighted by atomic mass is 35.5. The van der Waals surface area contributed by atoms with Gasteiger partial charge in [0, 0.05) is 6.04 Å². The zero-order valence-corrected chi connectivity index (χ0v) is 13.3. The van der Waals surface area contributed by atoms with Gasteiger partial charge in [0.1, 0.15) is 5.82 Å². The van der Waals surface area contributed by atoms with E-state index in [0.717, 1.165) is 24.9 Å². The van der Waals surface area contributed by atoms with Crippen molar-refractivity contribution in [3.8, 4) is 0 Å². The topological polar surface area (TPSA) is 12.0 Å². The molecule has 2 rings (SSSR count). The van der Waals surface area contributed by atoms with Crippen molar-refractivity contribution < 1.29 is 4.39 Å². The van der Waals surface area contributed by atoms with Crippen LogP contribution in [0.1, 0.15) is 36.1 Å². The summed E-state index contributed by atoms with van der Waals surface area (Å²) in [5.41, 5.74) is 3.28. The van der Waals surface area contributed by atoms with E-state index in [-0.39, 0.29) is 16.9 Å². The number of rotatable bonds is 6. The number of nitrogens with one attached hydrogen (secondary N) is 1. The van der Waals surface area contributed by atoms with Gasteiger partial charge in [-0.2, -0.15) is 0 Å². The minimum absolute atomic E-state index is 0.0239. The maximum atomic E-state index is 13.7. The van der Waals surface area contributed by atoms with E-state index in [9.17, 15) is 4.39 Å². The average Bonchev–Trinajstić information content (AvgIpc) is 2.48. The Kier molecular flexibility index (Phi) is 5.77. The van der Waals surface area contributed by atoms with Gasteiger partial charge in [0.15, 0.2) is 0 Å². The first kappa shape index (κ1) is 16.0. The summed E-state index contributed by atoms with van der Waals surface area (Å²) in [6.07, 6.45) is 1.82. The molecule has 0 aliphatic heterocycles. The summed E-state index contributed by atoms with van der Waals surface area (Å²) in [5, 5.41) is 3.69. The highest BCUT2D eigenvalue weighted by Crippen LogP contribution is 2.28. The fourth-order valence-corrected chi connectivity index (χ4v) is 2.62. The van der Waals surface area contributed by atoms with Crippen LogP contribution in [0.5, 0.6) is 0 Å². The summed E-state index contributed by atoms with van der Waals surface area (Å²) in [7, 11) is 0. The fraction of sp³-hybridized carbons (Fsp3) is 0.333. The Hall–Kier alpha value is -1.38. The van der Waals surface area contributed by atoms with Gasteiger partial charge in [0.2, 0.25) is 0 Å². The minimum Gasteiger partial charge on any atom is -0.310 e. The number of hydrogen-bond donors (Lipinski definition) is 1. The van der Waals surface area contributed by atoms with Crippen LogP contribution in [0.3, 0.4) is 0 Å². The molecule has 2 aromatic rings. The SMILES string of the molecule is CCCNC(Cc1ccc(C)cc1)c1cccc(F)c1Cl. The van der Waals surface area contributed by atoms with Crippen molar-refractivity contribution in [2.45, 2.75) is 32.7 Å². The molecule has 0 saturated heterocycles. The van der Waals surface area contributed by atoms with Gasteiger partial charge in [0.05, 0.1) is 5.02 Å². The van der Waals surface area contributed by atoms with Gasteiger partial charge >= 0.3 is 0 Å². The van der Waals surface area contributed by atoms with Crippen LogP contribution in [0, 0.1) is 12.7 Å². The maximum Gasteiger partial charge on any atom is 0.142 e. The summed E-state index contributed by atoms with van der Waals surface area (Å²) in [5.74, 6) is -0.360. The summed E-state index contributed by atoms with van der Waals surface area (Å²) < 4.78 is 13.7. The van der Waals surface area contributed by atoms with Crippen molar-refractivity contribution >= 4 is 11.6 Å². The minimum atomic E-state index is -0.360. The van der Waals surface area contributed by atoms with Crippen molar-refractivity contribution in [1.29, 1.82) is 0 Å². The lowest BCUT2D eigenvalue weighted by atomic mass is 9.98. The van der Waals surface area contributed by atoms with E-state index in [1.165, 1.54) is 17.2 Å². The molecule has 0 aromatic heterocycles. The summed E-state index contributed by atoms with van der Waals surface area (Å²) in [4.78, 5) is 0. The molecule has 0 aliphatic rings. The van der Waals surface area contributed by atoms with Crippen LogP contribution in [0.25, 0.3) is 0 Å². The Morgan fingerprint density at radius 2 is 1.86 bits per heavy atom. The molecule has 0 fully saturated rings. The molecule has 2 aromatic carbocycles. The Morgan fingerprint density at radius 3 is 2.52 bits per heavy atom. The number of halogens is 2. The molecular weight excluding hydrogens is 285 g/mol. The van der Waals surface area contributed by atoms with E-state index >= 15 is 0 Å². The maximum absolute atomic E-state index is 13.7. The lowest BCUT2D eigenvalue weighted by molar-refractivity contribution is 0.524. The monoisotopic (exact) mass is 305 g/mol. The van der Waals surface area contributed by atoms with Gasteiger partial charge in [-0.05, 0) is 43.5 Å². The van der Waals surface area contributed by atoms with Crippen molar-refractivity contribution in [1.82, 2.24) is 5.32 Å². The lowest BCUT2D eigenvalue weighted by Gasteiger charge is -2.20. The molecule has 0 saturated carbocycles. The van der Waals surface area contributed by atoms with Crippen LogP contribution in [-0.2, 0) is 6.42 Å². The van der Waals surface area contributed by atoms with Crippen LogP contribution in [0.2, 0.25) is 5.02 Å². The number of hydrogen-bond acceptors (Lipinski definition) is 1. The summed E-state index contributed by atoms with van der Waals surface area (Å²) in [6, 6.07) is 13.5. The molecule has 0 amide bonds. The third-order valence-corrected chi connectivity index (χ3v) is 3.96. The first-order valence-corrected chi connectivity index (χ1v) is 7.72. The zero-order chi connectivity index (χ0) is 15.2. The largest absolute Gasteiger partial charge is 0.310 e. The molecule has 1 nitrogen and oxygen atoms in total. The third-order valence-electron chi connectivity index (χ3n) is 3.56. The molecule has 1 N–H and O–H groups in total. The van der Waals surface area contributed by atoms with Crippen LogP contribution in [0.15, 0.2) is 42.5 Å². The second kappa shape index (κ2) is 7.58. The Balaban J connectivity index is 2.25.